The maximum absolute atomic E-state index is 14.3. The molecule has 1 saturated heterocycles. The zero-order valence-electron chi connectivity index (χ0n) is 16.0. The minimum Gasteiger partial charge on any atom is -0.342 e. The number of hydrogen-bond acceptors (Lipinski definition) is 3. The molecule has 3 aromatic rings. The summed E-state index contributed by atoms with van der Waals surface area (Å²) in [4.78, 5) is 34.7. The van der Waals surface area contributed by atoms with Crippen molar-refractivity contribution in [2.75, 3.05) is 13.1 Å². The zero-order chi connectivity index (χ0) is 20.0. The fraction of sp³-hybridized carbons (Fsp3) is 0.348. The lowest BCUT2D eigenvalue weighted by atomic mass is 9.89. The van der Waals surface area contributed by atoms with E-state index in [1.54, 1.807) is 36.5 Å². The number of amides is 1. The van der Waals surface area contributed by atoms with Gasteiger partial charge in [-0.3, -0.25) is 14.6 Å². The number of nitrogens with zero attached hydrogens (tertiary/aromatic N) is 2. The van der Waals surface area contributed by atoms with E-state index in [-0.39, 0.29) is 23.2 Å². The van der Waals surface area contributed by atoms with Gasteiger partial charge in [0, 0.05) is 36.5 Å². The Balaban J connectivity index is 1.33. The van der Waals surface area contributed by atoms with Crippen LogP contribution in [-0.2, 0) is 10.2 Å². The summed E-state index contributed by atoms with van der Waals surface area (Å²) in [6.07, 6.45) is 4.64. The monoisotopic (exact) mass is 391 g/mol. The van der Waals surface area contributed by atoms with Gasteiger partial charge in [0.1, 0.15) is 5.82 Å². The molecule has 1 amide bonds. The number of H-pyrrole nitrogens is 1. The SMILES string of the molecule is O=C(N1CCC(c2cc3ncccc3c(=O)[nH]2)CC1)C1(c2ccccc2F)CC1. The number of piperidine rings is 1. The molecule has 0 spiro atoms. The molecule has 1 saturated carbocycles. The Labute approximate surface area is 167 Å². The Kier molecular flexibility index (Phi) is 4.23. The molecule has 1 N–H and O–H groups in total. The summed E-state index contributed by atoms with van der Waals surface area (Å²) in [5.74, 6) is -0.0778. The molecule has 6 heteroatoms. The molecule has 5 rings (SSSR count). The number of fused-ring (bicyclic) bond motifs is 1. The molecule has 1 aliphatic carbocycles. The first-order chi connectivity index (χ1) is 14.1. The average Bonchev–Trinajstić information content (AvgIpc) is 3.55. The Morgan fingerprint density at radius 3 is 2.62 bits per heavy atom. The molecular weight excluding hydrogens is 369 g/mol. The molecule has 0 bridgehead atoms. The van der Waals surface area contributed by atoms with Crippen LogP contribution in [0.25, 0.3) is 10.9 Å². The number of carbonyl (C=O) groups is 1. The van der Waals surface area contributed by atoms with Crippen molar-refractivity contribution in [1.29, 1.82) is 0 Å². The highest BCUT2D eigenvalue weighted by molar-refractivity contribution is 5.91. The lowest BCUT2D eigenvalue weighted by Gasteiger charge is -2.34. The Morgan fingerprint density at radius 1 is 1.14 bits per heavy atom. The second kappa shape index (κ2) is 6.79. The van der Waals surface area contributed by atoms with Crippen molar-refractivity contribution in [2.24, 2.45) is 0 Å². The van der Waals surface area contributed by atoms with Crippen LogP contribution >= 0.6 is 0 Å². The van der Waals surface area contributed by atoms with Crippen molar-refractivity contribution >= 4 is 16.8 Å². The highest BCUT2D eigenvalue weighted by Gasteiger charge is 2.54. The molecule has 1 aliphatic heterocycles. The van der Waals surface area contributed by atoms with E-state index in [0.717, 1.165) is 18.5 Å². The van der Waals surface area contributed by atoms with Crippen LogP contribution in [0.2, 0.25) is 0 Å². The molecule has 0 atom stereocenters. The maximum atomic E-state index is 14.3. The summed E-state index contributed by atoms with van der Waals surface area (Å²) in [5, 5.41) is 0.587. The molecule has 2 aromatic heterocycles. The molecule has 148 valence electrons. The predicted molar refractivity (Wildman–Crippen MR) is 108 cm³/mol. The first kappa shape index (κ1) is 18.0. The lowest BCUT2D eigenvalue weighted by molar-refractivity contribution is -0.135. The minimum absolute atomic E-state index is 0.0368. The number of rotatable bonds is 3. The first-order valence-corrected chi connectivity index (χ1v) is 10.1. The van der Waals surface area contributed by atoms with Gasteiger partial charge in [-0.1, -0.05) is 18.2 Å². The third kappa shape index (κ3) is 3.03. The van der Waals surface area contributed by atoms with Crippen molar-refractivity contribution in [2.45, 2.75) is 37.0 Å². The van der Waals surface area contributed by atoms with Crippen LogP contribution < -0.4 is 5.56 Å². The van der Waals surface area contributed by atoms with E-state index in [9.17, 15) is 14.0 Å². The smallest absolute Gasteiger partial charge is 0.257 e. The van der Waals surface area contributed by atoms with Crippen molar-refractivity contribution in [3.8, 4) is 0 Å². The Hall–Kier alpha value is -3.02. The Morgan fingerprint density at radius 2 is 1.90 bits per heavy atom. The van der Waals surface area contributed by atoms with Gasteiger partial charge in [0.15, 0.2) is 0 Å². The van der Waals surface area contributed by atoms with Crippen LogP contribution in [-0.4, -0.2) is 33.9 Å². The van der Waals surface area contributed by atoms with Crippen LogP contribution in [0.5, 0.6) is 0 Å². The second-order valence-corrected chi connectivity index (χ2v) is 8.12. The van der Waals surface area contributed by atoms with Crippen LogP contribution in [0.1, 0.15) is 42.9 Å². The van der Waals surface area contributed by atoms with Gasteiger partial charge in [0.2, 0.25) is 5.91 Å². The van der Waals surface area contributed by atoms with Gasteiger partial charge in [0.05, 0.1) is 16.3 Å². The molecule has 1 aromatic carbocycles. The number of likely N-dealkylation sites (tertiary alicyclic amines) is 1. The molecule has 3 heterocycles. The highest BCUT2D eigenvalue weighted by Crippen LogP contribution is 2.50. The maximum Gasteiger partial charge on any atom is 0.257 e. The fourth-order valence-corrected chi connectivity index (χ4v) is 4.60. The zero-order valence-corrected chi connectivity index (χ0v) is 16.0. The molecular formula is C23H22FN3O2. The third-order valence-electron chi connectivity index (χ3n) is 6.40. The van der Waals surface area contributed by atoms with Crippen LogP contribution in [0.15, 0.2) is 53.5 Å². The number of carbonyl (C=O) groups excluding carboxylic acids is 1. The van der Waals surface area contributed by atoms with E-state index in [4.69, 9.17) is 0 Å². The van der Waals surface area contributed by atoms with Gasteiger partial charge < -0.3 is 9.88 Å². The van der Waals surface area contributed by atoms with E-state index in [0.29, 0.717) is 42.4 Å². The molecule has 0 radical (unpaired) electrons. The van der Waals surface area contributed by atoms with Gasteiger partial charge in [0.25, 0.3) is 5.56 Å². The highest BCUT2D eigenvalue weighted by atomic mass is 19.1. The topological polar surface area (TPSA) is 66.1 Å². The largest absolute Gasteiger partial charge is 0.342 e. The first-order valence-electron chi connectivity index (χ1n) is 10.1. The molecule has 0 unspecified atom stereocenters. The number of aromatic amines is 1. The second-order valence-electron chi connectivity index (χ2n) is 8.12. The van der Waals surface area contributed by atoms with Crippen LogP contribution in [0, 0.1) is 5.82 Å². The minimum atomic E-state index is -0.681. The number of halogens is 1. The predicted octanol–water partition coefficient (Wildman–Crippen LogP) is 3.50. The van der Waals surface area contributed by atoms with E-state index in [2.05, 4.69) is 9.97 Å². The van der Waals surface area contributed by atoms with Gasteiger partial charge >= 0.3 is 0 Å². The summed E-state index contributed by atoms with van der Waals surface area (Å²) < 4.78 is 14.3. The van der Waals surface area contributed by atoms with E-state index in [1.807, 2.05) is 11.0 Å². The van der Waals surface area contributed by atoms with E-state index in [1.165, 1.54) is 6.07 Å². The molecule has 2 aliphatic rings. The van der Waals surface area contributed by atoms with Gasteiger partial charge in [-0.25, -0.2) is 4.39 Å². The van der Waals surface area contributed by atoms with Gasteiger partial charge in [-0.05, 0) is 49.9 Å². The number of aromatic nitrogens is 2. The Bertz CT molecular complexity index is 1140. The van der Waals surface area contributed by atoms with E-state index >= 15 is 0 Å². The normalized spacial score (nSPS) is 18.7. The number of nitrogens with one attached hydrogen (secondary N) is 1. The number of hydrogen-bond donors (Lipinski definition) is 1. The standard InChI is InChI=1S/C23H22FN3O2/c24-18-6-2-1-5-17(18)23(9-10-23)22(29)27-12-7-15(8-13-27)19-14-20-16(21(28)26-19)4-3-11-25-20/h1-6,11,14-15H,7-10,12-13H2,(H,26,28). The fourth-order valence-electron chi connectivity index (χ4n) is 4.60. The summed E-state index contributed by atoms with van der Waals surface area (Å²) >= 11 is 0. The quantitative estimate of drug-likeness (QED) is 0.743. The average molecular weight is 391 g/mol. The van der Waals surface area contributed by atoms with Crippen molar-refractivity contribution in [1.82, 2.24) is 14.9 Å². The van der Waals surface area contributed by atoms with Crippen LogP contribution in [0.3, 0.4) is 0 Å². The van der Waals surface area contributed by atoms with Gasteiger partial charge in [-0.2, -0.15) is 0 Å². The number of benzene rings is 1. The van der Waals surface area contributed by atoms with Crippen molar-refractivity contribution in [3.05, 3.63) is 76.1 Å². The summed E-state index contributed by atoms with van der Waals surface area (Å²) in [7, 11) is 0. The number of pyridine rings is 2. The third-order valence-corrected chi connectivity index (χ3v) is 6.40. The molecule has 5 nitrogen and oxygen atoms in total. The molecule has 2 fully saturated rings. The van der Waals surface area contributed by atoms with Crippen molar-refractivity contribution < 1.29 is 9.18 Å². The molecule has 29 heavy (non-hydrogen) atoms. The van der Waals surface area contributed by atoms with Crippen molar-refractivity contribution in [3.63, 3.8) is 0 Å². The summed E-state index contributed by atoms with van der Waals surface area (Å²) in [5.41, 5.74) is 1.29. The lowest BCUT2D eigenvalue weighted by Crippen LogP contribution is -2.44. The summed E-state index contributed by atoms with van der Waals surface area (Å²) in [6.45, 7) is 1.23. The van der Waals surface area contributed by atoms with Gasteiger partial charge in [-0.15, -0.1) is 0 Å². The van der Waals surface area contributed by atoms with E-state index < -0.39 is 5.41 Å². The summed E-state index contributed by atoms with van der Waals surface area (Å²) in [6, 6.07) is 12.1. The van der Waals surface area contributed by atoms with Crippen LogP contribution in [0.4, 0.5) is 4.39 Å².